The third-order valence-corrected chi connectivity index (χ3v) is 4.73. The van der Waals surface area contributed by atoms with Crippen LogP contribution in [-0.2, 0) is 16.0 Å². The van der Waals surface area contributed by atoms with Crippen molar-refractivity contribution in [1.29, 1.82) is 0 Å². The summed E-state index contributed by atoms with van der Waals surface area (Å²) in [4.78, 5) is 26.6. The van der Waals surface area contributed by atoms with E-state index in [2.05, 4.69) is 15.0 Å². The van der Waals surface area contributed by atoms with Gasteiger partial charge in [0.2, 0.25) is 5.91 Å². The molecule has 1 aliphatic rings. The van der Waals surface area contributed by atoms with Gasteiger partial charge in [-0.05, 0) is 36.8 Å². The minimum Gasteiger partial charge on any atom is -0.370 e. The Morgan fingerprint density at radius 3 is 3.08 bits per heavy atom. The lowest BCUT2D eigenvalue weighted by molar-refractivity contribution is -0.139. The Morgan fingerprint density at radius 2 is 2.23 bits per heavy atom. The van der Waals surface area contributed by atoms with E-state index in [-0.39, 0.29) is 12.0 Å². The molecule has 6 heteroatoms. The van der Waals surface area contributed by atoms with Crippen LogP contribution in [0.4, 0.5) is 0 Å². The van der Waals surface area contributed by atoms with Gasteiger partial charge in [0, 0.05) is 31.3 Å². The van der Waals surface area contributed by atoms with Crippen molar-refractivity contribution in [2.75, 3.05) is 19.7 Å². The molecule has 1 aliphatic heterocycles. The highest BCUT2D eigenvalue weighted by Crippen LogP contribution is 2.23. The molecule has 1 saturated heterocycles. The number of imidazole rings is 1. The van der Waals surface area contributed by atoms with Gasteiger partial charge in [0.05, 0.1) is 24.2 Å². The van der Waals surface area contributed by atoms with Crippen LogP contribution in [0.15, 0.2) is 42.6 Å². The van der Waals surface area contributed by atoms with Crippen LogP contribution in [0.1, 0.15) is 29.6 Å². The molecule has 0 radical (unpaired) electrons. The van der Waals surface area contributed by atoms with E-state index < -0.39 is 0 Å². The fraction of sp³-hybridized carbons (Fsp3) is 0.350. The van der Waals surface area contributed by atoms with Gasteiger partial charge >= 0.3 is 0 Å². The lowest BCUT2D eigenvalue weighted by Crippen LogP contribution is -2.42. The number of ether oxygens (including phenoxy) is 1. The third kappa shape index (κ3) is 3.60. The number of hydrogen-bond donors (Lipinski definition) is 1. The topological polar surface area (TPSA) is 71.1 Å². The van der Waals surface area contributed by atoms with Crippen molar-refractivity contribution in [3.05, 3.63) is 59.7 Å². The van der Waals surface area contributed by atoms with Crippen LogP contribution < -0.4 is 0 Å². The Balaban J connectivity index is 1.38. The van der Waals surface area contributed by atoms with Gasteiger partial charge in [-0.2, -0.15) is 0 Å². The van der Waals surface area contributed by atoms with Crippen LogP contribution in [0.25, 0.3) is 11.0 Å². The van der Waals surface area contributed by atoms with E-state index in [9.17, 15) is 4.79 Å². The molecule has 1 atom stereocenters. The van der Waals surface area contributed by atoms with Gasteiger partial charge < -0.3 is 14.6 Å². The van der Waals surface area contributed by atoms with Gasteiger partial charge in [-0.15, -0.1) is 0 Å². The molecular weight excluding hydrogens is 328 g/mol. The number of carbonyl (C=O) groups is 1. The van der Waals surface area contributed by atoms with Crippen molar-refractivity contribution in [3.8, 4) is 0 Å². The predicted octanol–water partition coefficient (Wildman–Crippen LogP) is 2.80. The predicted molar refractivity (Wildman–Crippen MR) is 98.7 cm³/mol. The van der Waals surface area contributed by atoms with Gasteiger partial charge in [0.15, 0.2) is 0 Å². The number of aromatic amines is 1. The molecule has 3 heterocycles. The first-order valence-corrected chi connectivity index (χ1v) is 8.94. The summed E-state index contributed by atoms with van der Waals surface area (Å²) in [7, 11) is 0. The Kier molecular flexibility index (Phi) is 4.67. The number of aryl methyl sites for hydroxylation is 2. The van der Waals surface area contributed by atoms with Gasteiger partial charge in [0.25, 0.3) is 0 Å². The second-order valence-corrected chi connectivity index (χ2v) is 6.63. The largest absolute Gasteiger partial charge is 0.370 e. The highest BCUT2D eigenvalue weighted by Gasteiger charge is 2.25. The molecule has 134 valence electrons. The second kappa shape index (κ2) is 7.25. The summed E-state index contributed by atoms with van der Waals surface area (Å²) in [5.74, 6) is 0.999. The molecule has 0 aliphatic carbocycles. The molecule has 0 saturated carbocycles. The lowest BCUT2D eigenvalue weighted by atomic mass is 10.1. The summed E-state index contributed by atoms with van der Waals surface area (Å²) in [6.07, 6.45) is 2.77. The van der Waals surface area contributed by atoms with Gasteiger partial charge in [-0.3, -0.25) is 9.78 Å². The number of rotatable bonds is 4. The molecule has 1 unspecified atom stereocenters. The average molecular weight is 350 g/mol. The number of morpholine rings is 1. The van der Waals surface area contributed by atoms with Crippen molar-refractivity contribution >= 4 is 16.9 Å². The first-order chi connectivity index (χ1) is 12.7. The molecule has 1 fully saturated rings. The molecule has 6 nitrogen and oxygen atoms in total. The Labute approximate surface area is 152 Å². The van der Waals surface area contributed by atoms with Crippen molar-refractivity contribution in [2.45, 2.75) is 25.9 Å². The van der Waals surface area contributed by atoms with Crippen molar-refractivity contribution in [3.63, 3.8) is 0 Å². The molecule has 1 amide bonds. The van der Waals surface area contributed by atoms with E-state index in [1.807, 2.05) is 48.2 Å². The summed E-state index contributed by atoms with van der Waals surface area (Å²) >= 11 is 0. The summed E-state index contributed by atoms with van der Waals surface area (Å²) < 4.78 is 5.86. The molecule has 0 spiro atoms. The zero-order chi connectivity index (χ0) is 17.9. The normalized spacial score (nSPS) is 17.6. The number of nitrogens with one attached hydrogen (secondary N) is 1. The number of H-pyrrole nitrogens is 1. The quantitative estimate of drug-likeness (QED) is 0.785. The highest BCUT2D eigenvalue weighted by atomic mass is 16.5. The van der Waals surface area contributed by atoms with Gasteiger partial charge in [-0.25, -0.2) is 4.98 Å². The number of carbonyl (C=O) groups excluding carboxylic acids is 1. The van der Waals surface area contributed by atoms with E-state index in [0.717, 1.165) is 28.1 Å². The number of fused-ring (bicyclic) bond motifs is 1. The van der Waals surface area contributed by atoms with E-state index in [4.69, 9.17) is 4.74 Å². The monoisotopic (exact) mass is 350 g/mol. The first-order valence-electron chi connectivity index (χ1n) is 8.94. The Morgan fingerprint density at radius 1 is 1.35 bits per heavy atom. The first kappa shape index (κ1) is 16.7. The van der Waals surface area contributed by atoms with Crippen molar-refractivity contribution in [1.82, 2.24) is 19.9 Å². The number of pyridine rings is 1. The zero-order valence-corrected chi connectivity index (χ0v) is 14.8. The molecule has 4 rings (SSSR count). The number of nitrogens with zero attached hydrogens (tertiary/aromatic N) is 3. The minimum absolute atomic E-state index is 0.0828. The SMILES string of the molecule is Cc1cc(C2CN(C(=O)CCc3nc4ccccc4[nH]3)CCO2)ccn1. The number of hydrogen-bond acceptors (Lipinski definition) is 4. The second-order valence-electron chi connectivity index (χ2n) is 6.63. The van der Waals surface area contributed by atoms with Gasteiger partial charge in [0.1, 0.15) is 11.9 Å². The standard InChI is InChI=1S/C20H22N4O2/c1-14-12-15(8-9-21-14)18-13-24(10-11-26-18)20(25)7-6-19-22-16-4-2-3-5-17(16)23-19/h2-5,8-9,12,18H,6-7,10-11,13H2,1H3,(H,22,23). The molecule has 1 N–H and O–H groups in total. The van der Waals surface area contributed by atoms with E-state index in [1.54, 1.807) is 6.20 Å². The summed E-state index contributed by atoms with van der Waals surface area (Å²) in [5, 5.41) is 0. The Hall–Kier alpha value is -2.73. The van der Waals surface area contributed by atoms with Crippen LogP contribution in [0.5, 0.6) is 0 Å². The molecular formula is C20H22N4O2. The maximum Gasteiger partial charge on any atom is 0.223 e. The maximum absolute atomic E-state index is 12.6. The molecule has 26 heavy (non-hydrogen) atoms. The third-order valence-electron chi connectivity index (χ3n) is 4.73. The lowest BCUT2D eigenvalue weighted by Gasteiger charge is -2.33. The van der Waals surface area contributed by atoms with Crippen LogP contribution in [0, 0.1) is 6.92 Å². The molecule has 2 aromatic heterocycles. The van der Waals surface area contributed by atoms with Crippen LogP contribution in [0.3, 0.4) is 0 Å². The smallest absolute Gasteiger partial charge is 0.223 e. The Bertz CT molecular complexity index is 888. The highest BCUT2D eigenvalue weighted by molar-refractivity contribution is 5.77. The summed E-state index contributed by atoms with van der Waals surface area (Å²) in [5.41, 5.74) is 3.98. The molecule has 3 aromatic rings. The summed E-state index contributed by atoms with van der Waals surface area (Å²) in [6, 6.07) is 11.9. The van der Waals surface area contributed by atoms with Crippen molar-refractivity contribution < 1.29 is 9.53 Å². The number of aromatic nitrogens is 3. The van der Waals surface area contributed by atoms with Crippen LogP contribution in [-0.4, -0.2) is 45.5 Å². The fourth-order valence-electron chi connectivity index (χ4n) is 3.35. The van der Waals surface area contributed by atoms with Gasteiger partial charge in [-0.1, -0.05) is 12.1 Å². The number of amides is 1. The molecule has 0 bridgehead atoms. The maximum atomic E-state index is 12.6. The number of benzene rings is 1. The summed E-state index contributed by atoms with van der Waals surface area (Å²) in [6.45, 7) is 3.74. The van der Waals surface area contributed by atoms with E-state index >= 15 is 0 Å². The van der Waals surface area contributed by atoms with E-state index in [0.29, 0.717) is 32.5 Å². The minimum atomic E-state index is -0.0828. The molecule has 1 aromatic carbocycles. The zero-order valence-electron chi connectivity index (χ0n) is 14.8. The van der Waals surface area contributed by atoms with Crippen LogP contribution >= 0.6 is 0 Å². The van der Waals surface area contributed by atoms with E-state index in [1.165, 1.54) is 0 Å². The van der Waals surface area contributed by atoms with Crippen LogP contribution in [0.2, 0.25) is 0 Å². The average Bonchev–Trinajstić information content (AvgIpc) is 3.09. The fourth-order valence-corrected chi connectivity index (χ4v) is 3.35. The number of para-hydroxylation sites is 2. The van der Waals surface area contributed by atoms with Crippen molar-refractivity contribution in [2.24, 2.45) is 0 Å².